The Labute approximate surface area is 117 Å². The molecule has 0 saturated carbocycles. The second-order valence-corrected chi connectivity index (χ2v) is 4.73. The molecule has 20 heavy (non-hydrogen) atoms. The van der Waals surface area contributed by atoms with Gasteiger partial charge in [-0.25, -0.2) is 4.79 Å². The summed E-state index contributed by atoms with van der Waals surface area (Å²) >= 11 is 0. The van der Waals surface area contributed by atoms with Gasteiger partial charge in [0.15, 0.2) is 0 Å². The Hall–Kier alpha value is -1.92. The van der Waals surface area contributed by atoms with E-state index in [0.717, 1.165) is 18.7 Å². The molecule has 0 spiro atoms. The summed E-state index contributed by atoms with van der Waals surface area (Å²) < 4.78 is 4.85. The number of carbonyl (C=O) groups is 2. The average molecular weight is 278 g/mol. The Morgan fingerprint density at radius 2 is 2.15 bits per heavy atom. The van der Waals surface area contributed by atoms with Crippen LogP contribution in [-0.4, -0.2) is 36.7 Å². The molecular formula is C14H18N2O4. The maximum Gasteiger partial charge on any atom is 0.326 e. The zero-order valence-electron chi connectivity index (χ0n) is 11.3. The lowest BCUT2D eigenvalue weighted by atomic mass is 10.1. The number of hydrogen-bond donors (Lipinski definition) is 3. The van der Waals surface area contributed by atoms with Crippen LogP contribution in [-0.2, 0) is 22.6 Å². The van der Waals surface area contributed by atoms with Gasteiger partial charge in [0.05, 0.1) is 0 Å². The van der Waals surface area contributed by atoms with Crippen LogP contribution in [0.3, 0.4) is 0 Å². The monoisotopic (exact) mass is 278 g/mol. The molecule has 2 rings (SSSR count). The normalized spacial score (nSPS) is 14.7. The fourth-order valence-electron chi connectivity index (χ4n) is 2.17. The van der Waals surface area contributed by atoms with Crippen molar-refractivity contribution in [3.8, 4) is 0 Å². The van der Waals surface area contributed by atoms with Gasteiger partial charge in [0.2, 0.25) is 0 Å². The van der Waals surface area contributed by atoms with E-state index in [1.54, 1.807) is 12.1 Å². The van der Waals surface area contributed by atoms with E-state index in [-0.39, 0.29) is 18.9 Å². The van der Waals surface area contributed by atoms with Crippen molar-refractivity contribution in [2.45, 2.75) is 25.6 Å². The SMILES string of the molecule is COCCC(NC(=O)c1ccc2c(c1)CNC2)C(=O)O. The first kappa shape index (κ1) is 14.5. The number of methoxy groups -OCH3 is 1. The van der Waals surface area contributed by atoms with Gasteiger partial charge >= 0.3 is 5.97 Å². The number of rotatable bonds is 6. The van der Waals surface area contributed by atoms with Crippen LogP contribution >= 0.6 is 0 Å². The highest BCUT2D eigenvalue weighted by Crippen LogP contribution is 2.17. The van der Waals surface area contributed by atoms with Gasteiger partial charge in [-0.1, -0.05) is 6.07 Å². The number of carboxylic acids is 1. The Morgan fingerprint density at radius 3 is 2.85 bits per heavy atom. The van der Waals surface area contributed by atoms with Crippen LogP contribution in [0.25, 0.3) is 0 Å². The highest BCUT2D eigenvalue weighted by atomic mass is 16.5. The largest absolute Gasteiger partial charge is 0.480 e. The van der Waals surface area contributed by atoms with E-state index in [1.807, 2.05) is 6.07 Å². The van der Waals surface area contributed by atoms with Crippen LogP contribution in [0, 0.1) is 0 Å². The highest BCUT2D eigenvalue weighted by molar-refractivity contribution is 5.96. The maximum atomic E-state index is 12.1. The lowest BCUT2D eigenvalue weighted by molar-refractivity contribution is -0.139. The van der Waals surface area contributed by atoms with E-state index in [0.29, 0.717) is 5.56 Å². The van der Waals surface area contributed by atoms with Crippen molar-refractivity contribution in [3.05, 3.63) is 34.9 Å². The molecular weight excluding hydrogens is 260 g/mol. The van der Waals surface area contributed by atoms with Crippen molar-refractivity contribution in [2.75, 3.05) is 13.7 Å². The highest BCUT2D eigenvalue weighted by Gasteiger charge is 2.21. The average Bonchev–Trinajstić information content (AvgIpc) is 2.90. The van der Waals surface area contributed by atoms with Gasteiger partial charge in [0.1, 0.15) is 6.04 Å². The van der Waals surface area contributed by atoms with Crippen LogP contribution in [0.5, 0.6) is 0 Å². The summed E-state index contributed by atoms with van der Waals surface area (Å²) in [6.07, 6.45) is 0.240. The summed E-state index contributed by atoms with van der Waals surface area (Å²) in [4.78, 5) is 23.2. The van der Waals surface area contributed by atoms with Gasteiger partial charge in [-0.3, -0.25) is 4.79 Å². The Balaban J connectivity index is 2.04. The van der Waals surface area contributed by atoms with Gasteiger partial charge in [-0.05, 0) is 23.3 Å². The molecule has 1 aromatic rings. The topological polar surface area (TPSA) is 87.7 Å². The van der Waals surface area contributed by atoms with Crippen molar-refractivity contribution < 1.29 is 19.4 Å². The molecule has 1 aliphatic rings. The van der Waals surface area contributed by atoms with Gasteiger partial charge < -0.3 is 20.5 Å². The third-order valence-electron chi connectivity index (χ3n) is 3.31. The number of aliphatic carboxylic acids is 1. The first-order valence-electron chi connectivity index (χ1n) is 6.47. The number of ether oxygens (including phenoxy) is 1. The lowest BCUT2D eigenvalue weighted by Gasteiger charge is -2.14. The minimum absolute atomic E-state index is 0.240. The van der Waals surface area contributed by atoms with Crippen molar-refractivity contribution in [3.63, 3.8) is 0 Å². The second-order valence-electron chi connectivity index (χ2n) is 4.73. The van der Waals surface area contributed by atoms with Crippen molar-refractivity contribution in [2.24, 2.45) is 0 Å². The van der Waals surface area contributed by atoms with E-state index in [2.05, 4.69) is 10.6 Å². The van der Waals surface area contributed by atoms with E-state index >= 15 is 0 Å². The fourth-order valence-corrected chi connectivity index (χ4v) is 2.17. The van der Waals surface area contributed by atoms with Gasteiger partial charge in [0, 0.05) is 38.8 Å². The van der Waals surface area contributed by atoms with Crippen molar-refractivity contribution in [1.82, 2.24) is 10.6 Å². The molecule has 108 valence electrons. The zero-order valence-corrected chi connectivity index (χ0v) is 11.3. The predicted octanol–water partition coefficient (Wildman–Crippen LogP) is 0.509. The Bertz CT molecular complexity index is 516. The molecule has 1 unspecified atom stereocenters. The van der Waals surface area contributed by atoms with E-state index in [1.165, 1.54) is 12.7 Å². The van der Waals surface area contributed by atoms with E-state index < -0.39 is 12.0 Å². The minimum Gasteiger partial charge on any atom is -0.480 e. The van der Waals surface area contributed by atoms with Gasteiger partial charge in [-0.15, -0.1) is 0 Å². The summed E-state index contributed by atoms with van der Waals surface area (Å²) in [5.41, 5.74) is 2.74. The van der Waals surface area contributed by atoms with Gasteiger partial charge in [0.25, 0.3) is 5.91 Å². The minimum atomic E-state index is -1.06. The fraction of sp³-hybridized carbons (Fsp3) is 0.429. The number of benzene rings is 1. The molecule has 6 nitrogen and oxygen atoms in total. The molecule has 0 saturated heterocycles. The molecule has 0 aromatic heterocycles. The molecule has 1 aliphatic heterocycles. The van der Waals surface area contributed by atoms with Crippen molar-refractivity contribution in [1.29, 1.82) is 0 Å². The van der Waals surface area contributed by atoms with Crippen LogP contribution in [0.1, 0.15) is 27.9 Å². The molecule has 0 radical (unpaired) electrons. The quantitative estimate of drug-likeness (QED) is 0.705. The van der Waals surface area contributed by atoms with E-state index in [9.17, 15) is 9.59 Å². The lowest BCUT2D eigenvalue weighted by Crippen LogP contribution is -2.41. The molecule has 6 heteroatoms. The smallest absolute Gasteiger partial charge is 0.326 e. The Kier molecular flexibility index (Phi) is 4.70. The van der Waals surface area contributed by atoms with Crippen LogP contribution in [0.15, 0.2) is 18.2 Å². The molecule has 0 fully saturated rings. The third kappa shape index (κ3) is 3.34. The summed E-state index contributed by atoms with van der Waals surface area (Å²) in [7, 11) is 1.49. The summed E-state index contributed by atoms with van der Waals surface area (Å²) in [6, 6.07) is 4.49. The van der Waals surface area contributed by atoms with E-state index in [4.69, 9.17) is 9.84 Å². The molecule has 1 aromatic carbocycles. The van der Waals surface area contributed by atoms with Crippen LogP contribution in [0.4, 0.5) is 0 Å². The third-order valence-corrected chi connectivity index (χ3v) is 3.31. The van der Waals surface area contributed by atoms with Crippen molar-refractivity contribution >= 4 is 11.9 Å². The molecule has 0 aliphatic carbocycles. The molecule has 1 heterocycles. The van der Waals surface area contributed by atoms with Crippen LogP contribution in [0.2, 0.25) is 0 Å². The first-order valence-corrected chi connectivity index (χ1v) is 6.47. The number of amides is 1. The predicted molar refractivity (Wildman–Crippen MR) is 72.4 cm³/mol. The summed E-state index contributed by atoms with van der Waals surface area (Å²) in [5.74, 6) is -1.43. The summed E-state index contributed by atoms with van der Waals surface area (Å²) in [5, 5.41) is 14.8. The molecule has 1 amide bonds. The molecule has 1 atom stereocenters. The standard InChI is InChI=1S/C14H18N2O4/c1-20-5-4-12(14(18)19)16-13(17)9-2-3-10-7-15-8-11(10)6-9/h2-3,6,12,15H,4-5,7-8H2,1H3,(H,16,17)(H,18,19). The number of carboxylic acid groups (broad SMARTS) is 1. The van der Waals surface area contributed by atoms with Crippen LogP contribution < -0.4 is 10.6 Å². The number of fused-ring (bicyclic) bond motifs is 1. The second kappa shape index (κ2) is 6.49. The molecule has 3 N–H and O–H groups in total. The first-order chi connectivity index (χ1) is 9.61. The number of carbonyl (C=O) groups excluding carboxylic acids is 1. The maximum absolute atomic E-state index is 12.1. The van der Waals surface area contributed by atoms with Gasteiger partial charge in [-0.2, -0.15) is 0 Å². The molecule has 0 bridgehead atoms. The zero-order chi connectivity index (χ0) is 14.5. The Morgan fingerprint density at radius 1 is 1.40 bits per heavy atom. The number of hydrogen-bond acceptors (Lipinski definition) is 4. The summed E-state index contributed by atoms with van der Waals surface area (Å²) in [6.45, 7) is 1.83. The number of nitrogens with one attached hydrogen (secondary N) is 2.